The van der Waals surface area contributed by atoms with Crippen molar-refractivity contribution in [3.63, 3.8) is 0 Å². The first-order chi connectivity index (χ1) is 8.07. The number of rotatable bonds is 3. The van der Waals surface area contributed by atoms with Crippen molar-refractivity contribution in [3.8, 4) is 0 Å². The van der Waals surface area contributed by atoms with Crippen molar-refractivity contribution in [3.05, 3.63) is 52.7 Å². The third kappa shape index (κ3) is 3.26. The van der Waals surface area contributed by atoms with Crippen LogP contribution in [0.5, 0.6) is 0 Å². The van der Waals surface area contributed by atoms with Crippen LogP contribution in [0.3, 0.4) is 0 Å². The molecule has 0 nitrogen and oxygen atoms in total. The van der Waals surface area contributed by atoms with E-state index in [1.54, 1.807) is 41.8 Å². The Morgan fingerprint density at radius 1 is 1.00 bits per heavy atom. The highest BCUT2D eigenvalue weighted by molar-refractivity contribution is 7.99. The second-order valence-corrected chi connectivity index (χ2v) is 5.53. The van der Waals surface area contributed by atoms with Crippen molar-refractivity contribution in [1.29, 1.82) is 0 Å². The Morgan fingerprint density at radius 2 is 1.71 bits per heavy atom. The highest BCUT2D eigenvalue weighted by Crippen LogP contribution is 2.47. The molecule has 1 unspecified atom stereocenters. The summed E-state index contributed by atoms with van der Waals surface area (Å²) >= 11 is 1.98. The summed E-state index contributed by atoms with van der Waals surface area (Å²) < 4.78 is 38.9. The van der Waals surface area contributed by atoms with Crippen LogP contribution in [0, 0.1) is 0 Å². The molecule has 0 saturated carbocycles. The van der Waals surface area contributed by atoms with Gasteiger partial charge in [-0.3, -0.25) is 0 Å². The van der Waals surface area contributed by atoms with Crippen LogP contribution in [0.15, 0.2) is 52.7 Å². The van der Waals surface area contributed by atoms with Gasteiger partial charge in [0.05, 0.1) is 0 Å². The predicted molar refractivity (Wildman–Crippen MR) is 65.4 cm³/mol. The van der Waals surface area contributed by atoms with Crippen LogP contribution >= 0.6 is 23.1 Å². The van der Waals surface area contributed by atoms with Gasteiger partial charge in [-0.25, -0.2) is 0 Å². The topological polar surface area (TPSA) is 0 Å². The van der Waals surface area contributed by atoms with Gasteiger partial charge in [-0.15, -0.1) is 23.1 Å². The van der Waals surface area contributed by atoms with E-state index >= 15 is 0 Å². The van der Waals surface area contributed by atoms with E-state index in [1.807, 2.05) is 0 Å². The quantitative estimate of drug-likeness (QED) is 0.698. The summed E-state index contributed by atoms with van der Waals surface area (Å²) in [6, 6.07) is 11.8. The summed E-state index contributed by atoms with van der Waals surface area (Å²) in [4.78, 5) is 0.967. The smallest absolute Gasteiger partial charge is 0.169 e. The van der Waals surface area contributed by atoms with E-state index in [0.29, 0.717) is 9.77 Å². The molecule has 1 atom stereocenters. The van der Waals surface area contributed by atoms with Crippen LogP contribution in [-0.2, 0) is 0 Å². The molecule has 0 radical (unpaired) electrons. The molecule has 0 spiro atoms. The van der Waals surface area contributed by atoms with Gasteiger partial charge in [0.1, 0.15) is 5.25 Å². The molecule has 5 heteroatoms. The molecule has 0 aliphatic carbocycles. The third-order valence-corrected chi connectivity index (χ3v) is 4.48. The Balaban J connectivity index is 2.24. The van der Waals surface area contributed by atoms with Crippen molar-refractivity contribution in [2.75, 3.05) is 0 Å². The Bertz CT molecular complexity index is 448. The minimum absolute atomic E-state index is 0.339. The number of halogens is 3. The van der Waals surface area contributed by atoms with E-state index < -0.39 is 11.4 Å². The summed E-state index contributed by atoms with van der Waals surface area (Å²) in [6.07, 6.45) is -4.23. The number of hydrogen-bond donors (Lipinski definition) is 0. The second-order valence-electron chi connectivity index (χ2n) is 3.37. The molecule has 0 amide bonds. The van der Waals surface area contributed by atoms with Gasteiger partial charge in [0.25, 0.3) is 0 Å². The molecule has 1 aromatic carbocycles. The highest BCUT2D eigenvalue weighted by Gasteiger charge is 2.42. The lowest BCUT2D eigenvalue weighted by Crippen LogP contribution is -2.16. The van der Waals surface area contributed by atoms with Gasteiger partial charge in [-0.05, 0) is 23.6 Å². The van der Waals surface area contributed by atoms with E-state index in [1.165, 1.54) is 6.07 Å². The summed E-state index contributed by atoms with van der Waals surface area (Å²) in [5.41, 5.74) is 0. The molecule has 0 saturated heterocycles. The lowest BCUT2D eigenvalue weighted by molar-refractivity contribution is -0.129. The number of thiophene rings is 1. The molecule has 0 fully saturated rings. The molecule has 0 aliphatic rings. The fourth-order valence-corrected chi connectivity index (χ4v) is 3.32. The minimum atomic E-state index is -4.23. The van der Waals surface area contributed by atoms with Crippen molar-refractivity contribution in [2.45, 2.75) is 16.3 Å². The first kappa shape index (κ1) is 12.5. The maximum atomic E-state index is 13.0. The summed E-state index contributed by atoms with van der Waals surface area (Å²) in [5.74, 6) is 0. The van der Waals surface area contributed by atoms with Crippen LogP contribution in [0.25, 0.3) is 0 Å². The molecule has 2 rings (SSSR count). The van der Waals surface area contributed by atoms with Crippen LogP contribution in [0.2, 0.25) is 0 Å². The van der Waals surface area contributed by atoms with Crippen LogP contribution in [0.1, 0.15) is 10.1 Å². The fourth-order valence-electron chi connectivity index (χ4n) is 1.36. The SMILES string of the molecule is FC(F)(F)C(Sc1ccccc1)c1cccs1. The minimum Gasteiger partial charge on any atom is -0.169 e. The van der Waals surface area contributed by atoms with Crippen molar-refractivity contribution in [1.82, 2.24) is 0 Å². The van der Waals surface area contributed by atoms with E-state index in [4.69, 9.17) is 0 Å². The average Bonchev–Trinajstić information content (AvgIpc) is 2.79. The van der Waals surface area contributed by atoms with Crippen molar-refractivity contribution < 1.29 is 13.2 Å². The molecule has 2 aromatic rings. The molecule has 1 heterocycles. The van der Waals surface area contributed by atoms with Gasteiger partial charge < -0.3 is 0 Å². The molecule has 90 valence electrons. The van der Waals surface area contributed by atoms with Gasteiger partial charge in [0.15, 0.2) is 0 Å². The number of thioether (sulfide) groups is 1. The Labute approximate surface area is 105 Å². The largest absolute Gasteiger partial charge is 0.405 e. The Morgan fingerprint density at radius 3 is 2.24 bits per heavy atom. The molecular weight excluding hydrogens is 265 g/mol. The number of benzene rings is 1. The lowest BCUT2D eigenvalue weighted by Gasteiger charge is -2.18. The molecule has 0 N–H and O–H groups in total. The summed E-state index contributed by atoms with van der Waals surface area (Å²) in [5, 5.41) is 0.185. The number of alkyl halides is 3. The third-order valence-electron chi connectivity index (χ3n) is 2.10. The van der Waals surface area contributed by atoms with Gasteiger partial charge >= 0.3 is 6.18 Å². The maximum Gasteiger partial charge on any atom is 0.405 e. The molecule has 1 aromatic heterocycles. The van der Waals surface area contributed by atoms with Crippen LogP contribution in [0.4, 0.5) is 13.2 Å². The zero-order valence-corrected chi connectivity index (χ0v) is 10.3. The monoisotopic (exact) mass is 274 g/mol. The van der Waals surface area contributed by atoms with Gasteiger partial charge in [0.2, 0.25) is 0 Å². The summed E-state index contributed by atoms with van der Waals surface area (Å²) in [7, 11) is 0. The standard InChI is InChI=1S/C12H9F3S2/c13-12(14,15)11(10-7-4-8-16-10)17-9-5-2-1-3-6-9/h1-8,11H. The Kier molecular flexibility index (Phi) is 3.79. The first-order valence-electron chi connectivity index (χ1n) is 4.89. The fraction of sp³-hybridized carbons (Fsp3) is 0.167. The van der Waals surface area contributed by atoms with E-state index in [9.17, 15) is 13.2 Å². The predicted octanol–water partition coefficient (Wildman–Crippen LogP) is 5.14. The van der Waals surface area contributed by atoms with E-state index in [-0.39, 0.29) is 0 Å². The van der Waals surface area contributed by atoms with Crippen LogP contribution < -0.4 is 0 Å². The highest BCUT2D eigenvalue weighted by atomic mass is 32.2. The first-order valence-corrected chi connectivity index (χ1v) is 6.65. The molecule has 0 aliphatic heterocycles. The van der Waals surface area contributed by atoms with Crippen molar-refractivity contribution in [2.24, 2.45) is 0 Å². The second kappa shape index (κ2) is 5.14. The zero-order valence-electron chi connectivity index (χ0n) is 8.65. The van der Waals surface area contributed by atoms with Crippen molar-refractivity contribution >= 4 is 23.1 Å². The van der Waals surface area contributed by atoms with E-state index in [0.717, 1.165) is 23.1 Å². The van der Waals surface area contributed by atoms with Gasteiger partial charge in [0, 0.05) is 9.77 Å². The number of hydrogen-bond acceptors (Lipinski definition) is 2. The normalized spacial score (nSPS) is 13.6. The van der Waals surface area contributed by atoms with Gasteiger partial charge in [-0.2, -0.15) is 13.2 Å². The summed E-state index contributed by atoms with van der Waals surface area (Å²) in [6.45, 7) is 0. The molecule has 17 heavy (non-hydrogen) atoms. The van der Waals surface area contributed by atoms with Gasteiger partial charge in [-0.1, -0.05) is 24.3 Å². The maximum absolute atomic E-state index is 13.0. The van der Waals surface area contributed by atoms with E-state index in [2.05, 4.69) is 0 Å². The van der Waals surface area contributed by atoms with Crippen LogP contribution in [-0.4, -0.2) is 6.18 Å². The lowest BCUT2D eigenvalue weighted by atomic mass is 10.3. The molecule has 0 bridgehead atoms. The molecular formula is C12H9F3S2. The Hall–Kier alpha value is -0.940. The zero-order chi connectivity index (χ0) is 12.3. The average molecular weight is 274 g/mol.